The van der Waals surface area contributed by atoms with Crippen LogP contribution in [0.25, 0.3) is 0 Å². The molecule has 1 unspecified atom stereocenters. The van der Waals surface area contributed by atoms with Crippen LogP contribution in [0.3, 0.4) is 0 Å². The first-order valence-corrected chi connectivity index (χ1v) is 7.90. The SMILES string of the molecule is CCCNc1nc(C(CCC)OCC)nc(CC)c1C. The molecule has 0 aromatic carbocycles. The van der Waals surface area contributed by atoms with Gasteiger partial charge in [0.1, 0.15) is 11.9 Å². The Morgan fingerprint density at radius 3 is 2.40 bits per heavy atom. The van der Waals surface area contributed by atoms with Crippen molar-refractivity contribution in [3.8, 4) is 0 Å². The van der Waals surface area contributed by atoms with Crippen LogP contribution >= 0.6 is 0 Å². The fourth-order valence-electron chi connectivity index (χ4n) is 2.24. The third-order valence-electron chi connectivity index (χ3n) is 3.35. The molecule has 1 aromatic heterocycles. The van der Waals surface area contributed by atoms with Crippen LogP contribution in [0.5, 0.6) is 0 Å². The first-order chi connectivity index (χ1) is 9.67. The fourth-order valence-corrected chi connectivity index (χ4v) is 2.24. The molecule has 0 saturated heterocycles. The molecule has 0 spiro atoms. The van der Waals surface area contributed by atoms with E-state index >= 15 is 0 Å². The smallest absolute Gasteiger partial charge is 0.159 e. The average molecular weight is 279 g/mol. The summed E-state index contributed by atoms with van der Waals surface area (Å²) in [6.07, 6.45) is 4.06. The molecule has 0 aliphatic heterocycles. The topological polar surface area (TPSA) is 47.0 Å². The van der Waals surface area contributed by atoms with Gasteiger partial charge >= 0.3 is 0 Å². The maximum Gasteiger partial charge on any atom is 0.159 e. The number of anilines is 1. The van der Waals surface area contributed by atoms with Crippen molar-refractivity contribution < 1.29 is 4.74 Å². The second-order valence-electron chi connectivity index (χ2n) is 5.02. The van der Waals surface area contributed by atoms with Crippen molar-refractivity contribution in [1.29, 1.82) is 0 Å². The Morgan fingerprint density at radius 1 is 1.10 bits per heavy atom. The van der Waals surface area contributed by atoms with E-state index in [2.05, 4.69) is 33.0 Å². The number of nitrogens with zero attached hydrogens (tertiary/aromatic N) is 2. The van der Waals surface area contributed by atoms with Gasteiger partial charge in [0.2, 0.25) is 0 Å². The minimum atomic E-state index is 0.0121. The predicted molar refractivity (Wildman–Crippen MR) is 84.2 cm³/mol. The van der Waals surface area contributed by atoms with Crippen LogP contribution in [-0.4, -0.2) is 23.1 Å². The van der Waals surface area contributed by atoms with Gasteiger partial charge in [-0.3, -0.25) is 0 Å². The van der Waals surface area contributed by atoms with E-state index in [4.69, 9.17) is 14.7 Å². The summed E-state index contributed by atoms with van der Waals surface area (Å²) in [6, 6.07) is 0. The van der Waals surface area contributed by atoms with Crippen LogP contribution < -0.4 is 5.32 Å². The van der Waals surface area contributed by atoms with Crippen molar-refractivity contribution in [2.45, 2.75) is 66.4 Å². The number of hydrogen-bond acceptors (Lipinski definition) is 4. The van der Waals surface area contributed by atoms with E-state index in [0.717, 1.165) is 55.1 Å². The molecule has 1 rings (SSSR count). The van der Waals surface area contributed by atoms with Crippen LogP contribution in [0.2, 0.25) is 0 Å². The standard InChI is InChI=1S/C16H29N3O/c1-6-10-14(20-9-4)16-18-13(8-3)12(5)15(19-16)17-11-7-2/h14H,6-11H2,1-5H3,(H,17,18,19). The highest BCUT2D eigenvalue weighted by molar-refractivity contribution is 5.46. The normalized spacial score (nSPS) is 12.4. The van der Waals surface area contributed by atoms with Gasteiger partial charge in [0.15, 0.2) is 5.82 Å². The molecule has 1 N–H and O–H groups in total. The van der Waals surface area contributed by atoms with Gasteiger partial charge in [-0.15, -0.1) is 0 Å². The molecule has 1 heterocycles. The van der Waals surface area contributed by atoms with Gasteiger partial charge in [-0.1, -0.05) is 27.2 Å². The first-order valence-electron chi connectivity index (χ1n) is 7.90. The Bertz CT molecular complexity index is 401. The molecule has 0 aliphatic carbocycles. The fraction of sp³-hybridized carbons (Fsp3) is 0.750. The lowest BCUT2D eigenvalue weighted by Gasteiger charge is -2.19. The van der Waals surface area contributed by atoms with Crippen molar-refractivity contribution in [1.82, 2.24) is 9.97 Å². The van der Waals surface area contributed by atoms with Gasteiger partial charge in [-0.05, 0) is 33.1 Å². The maximum absolute atomic E-state index is 5.81. The molecule has 114 valence electrons. The zero-order chi connectivity index (χ0) is 15.0. The van der Waals surface area contributed by atoms with Gasteiger partial charge < -0.3 is 10.1 Å². The highest BCUT2D eigenvalue weighted by Gasteiger charge is 2.17. The Labute approximate surface area is 123 Å². The van der Waals surface area contributed by atoms with Crippen LogP contribution in [-0.2, 0) is 11.2 Å². The van der Waals surface area contributed by atoms with Crippen molar-refractivity contribution in [2.24, 2.45) is 0 Å². The molecule has 1 atom stereocenters. The lowest BCUT2D eigenvalue weighted by atomic mass is 10.1. The summed E-state index contributed by atoms with van der Waals surface area (Å²) in [6.45, 7) is 12.2. The van der Waals surface area contributed by atoms with E-state index < -0.39 is 0 Å². The number of aryl methyl sites for hydroxylation is 1. The zero-order valence-corrected chi connectivity index (χ0v) is 13.6. The van der Waals surface area contributed by atoms with Crippen LogP contribution in [0.4, 0.5) is 5.82 Å². The molecule has 0 amide bonds. The molecule has 0 radical (unpaired) electrons. The Morgan fingerprint density at radius 2 is 1.85 bits per heavy atom. The van der Waals surface area contributed by atoms with Crippen LogP contribution in [0.1, 0.15) is 70.1 Å². The molecule has 0 saturated carbocycles. The lowest BCUT2D eigenvalue weighted by molar-refractivity contribution is 0.0493. The van der Waals surface area contributed by atoms with Gasteiger partial charge in [-0.2, -0.15) is 0 Å². The third kappa shape index (κ3) is 4.44. The number of hydrogen-bond donors (Lipinski definition) is 1. The van der Waals surface area contributed by atoms with Crippen molar-refractivity contribution in [2.75, 3.05) is 18.5 Å². The zero-order valence-electron chi connectivity index (χ0n) is 13.6. The monoisotopic (exact) mass is 279 g/mol. The number of aromatic nitrogens is 2. The second-order valence-corrected chi connectivity index (χ2v) is 5.02. The van der Waals surface area contributed by atoms with Gasteiger partial charge in [0.05, 0.1) is 0 Å². The minimum Gasteiger partial charge on any atom is -0.371 e. The summed E-state index contributed by atoms with van der Waals surface area (Å²) in [4.78, 5) is 9.43. The molecular weight excluding hydrogens is 250 g/mol. The van der Waals surface area contributed by atoms with E-state index in [1.165, 1.54) is 0 Å². The summed E-state index contributed by atoms with van der Waals surface area (Å²) in [5.41, 5.74) is 2.28. The van der Waals surface area contributed by atoms with E-state index in [1.54, 1.807) is 0 Å². The maximum atomic E-state index is 5.81. The van der Waals surface area contributed by atoms with Crippen LogP contribution in [0, 0.1) is 6.92 Å². The van der Waals surface area contributed by atoms with Crippen LogP contribution in [0.15, 0.2) is 0 Å². The Hall–Kier alpha value is -1.16. The molecular formula is C16H29N3O. The lowest BCUT2D eigenvalue weighted by Crippen LogP contribution is -2.14. The molecule has 20 heavy (non-hydrogen) atoms. The average Bonchev–Trinajstić information content (AvgIpc) is 2.46. The first kappa shape index (κ1) is 16.9. The molecule has 0 aliphatic rings. The van der Waals surface area contributed by atoms with E-state index in [1.807, 2.05) is 6.92 Å². The van der Waals surface area contributed by atoms with Crippen molar-refractivity contribution >= 4 is 5.82 Å². The predicted octanol–water partition coefficient (Wildman–Crippen LogP) is 4.05. The second kappa shape index (κ2) is 8.90. The molecule has 4 nitrogen and oxygen atoms in total. The molecule has 1 aromatic rings. The quantitative estimate of drug-likeness (QED) is 0.741. The number of rotatable bonds is 9. The summed E-state index contributed by atoms with van der Waals surface area (Å²) in [5, 5.41) is 3.41. The Balaban J connectivity index is 3.10. The Kier molecular flexibility index (Phi) is 7.52. The summed E-state index contributed by atoms with van der Waals surface area (Å²) in [5.74, 6) is 1.80. The largest absolute Gasteiger partial charge is 0.371 e. The van der Waals surface area contributed by atoms with Gasteiger partial charge in [0.25, 0.3) is 0 Å². The van der Waals surface area contributed by atoms with E-state index in [9.17, 15) is 0 Å². The molecule has 0 bridgehead atoms. The minimum absolute atomic E-state index is 0.0121. The van der Waals surface area contributed by atoms with Gasteiger partial charge in [-0.25, -0.2) is 9.97 Å². The summed E-state index contributed by atoms with van der Waals surface area (Å²) >= 11 is 0. The van der Waals surface area contributed by atoms with Crippen molar-refractivity contribution in [3.05, 3.63) is 17.1 Å². The highest BCUT2D eigenvalue weighted by Crippen LogP contribution is 2.24. The third-order valence-corrected chi connectivity index (χ3v) is 3.35. The summed E-state index contributed by atoms with van der Waals surface area (Å²) in [7, 11) is 0. The van der Waals surface area contributed by atoms with Crippen molar-refractivity contribution in [3.63, 3.8) is 0 Å². The number of nitrogens with one attached hydrogen (secondary N) is 1. The van der Waals surface area contributed by atoms with E-state index in [0.29, 0.717) is 6.61 Å². The molecule has 4 heteroatoms. The summed E-state index contributed by atoms with van der Waals surface area (Å²) < 4.78 is 5.81. The van der Waals surface area contributed by atoms with Gasteiger partial charge in [0, 0.05) is 24.4 Å². The number of ether oxygens (including phenoxy) is 1. The van der Waals surface area contributed by atoms with E-state index in [-0.39, 0.29) is 6.10 Å². The molecule has 0 fully saturated rings. The highest BCUT2D eigenvalue weighted by atomic mass is 16.5.